The van der Waals surface area contributed by atoms with Crippen molar-refractivity contribution in [2.45, 2.75) is 31.6 Å². The zero-order valence-electron chi connectivity index (χ0n) is 17.0. The second-order valence-corrected chi connectivity index (χ2v) is 8.25. The van der Waals surface area contributed by atoms with Crippen LogP contribution in [-0.2, 0) is 0 Å². The molecule has 4 aromatic carbocycles. The molecule has 0 saturated heterocycles. The lowest BCUT2D eigenvalue weighted by Crippen LogP contribution is -2.18. The highest BCUT2D eigenvalue weighted by molar-refractivity contribution is 5.96. The van der Waals surface area contributed by atoms with Gasteiger partial charge >= 0.3 is 0 Å². The first kappa shape index (κ1) is 17.9. The van der Waals surface area contributed by atoms with Gasteiger partial charge in [-0.3, -0.25) is 0 Å². The lowest BCUT2D eigenvalue weighted by atomic mass is 9.68. The Labute approximate surface area is 173 Å². The summed E-state index contributed by atoms with van der Waals surface area (Å²) in [6, 6.07) is 35.4. The van der Waals surface area contributed by atoms with Gasteiger partial charge in [-0.25, -0.2) is 0 Å². The Morgan fingerprint density at radius 1 is 0.621 bits per heavy atom. The van der Waals surface area contributed by atoms with Crippen molar-refractivity contribution in [3.63, 3.8) is 0 Å². The summed E-state index contributed by atoms with van der Waals surface area (Å²) in [5, 5.41) is 2.76. The Bertz CT molecular complexity index is 1160. The predicted molar refractivity (Wildman–Crippen MR) is 124 cm³/mol. The maximum absolute atomic E-state index is 2.47. The topological polar surface area (TPSA) is 0 Å². The van der Waals surface area contributed by atoms with Crippen LogP contribution in [0.15, 0.2) is 103 Å². The van der Waals surface area contributed by atoms with Gasteiger partial charge in [0.15, 0.2) is 0 Å². The molecule has 3 atom stereocenters. The van der Waals surface area contributed by atoms with Gasteiger partial charge in [0, 0.05) is 11.8 Å². The van der Waals surface area contributed by atoms with Gasteiger partial charge in [-0.2, -0.15) is 0 Å². The minimum Gasteiger partial charge on any atom is -0.0622 e. The summed E-state index contributed by atoms with van der Waals surface area (Å²) < 4.78 is 0. The van der Waals surface area contributed by atoms with Crippen LogP contribution in [-0.4, -0.2) is 0 Å². The smallest absolute Gasteiger partial charge is 0.0130 e. The lowest BCUT2D eigenvalue weighted by Gasteiger charge is -2.35. The molecule has 0 saturated carbocycles. The summed E-state index contributed by atoms with van der Waals surface area (Å²) in [5.41, 5.74) is 7.12. The molecule has 0 heteroatoms. The maximum Gasteiger partial charge on any atom is 0.0130 e. The van der Waals surface area contributed by atoms with Crippen LogP contribution >= 0.6 is 0 Å². The number of rotatable bonds is 4. The molecule has 0 amide bonds. The molecule has 0 bridgehead atoms. The highest BCUT2D eigenvalue weighted by Gasteiger charge is 2.32. The first-order chi connectivity index (χ1) is 14.2. The van der Waals surface area contributed by atoms with E-state index in [1.54, 1.807) is 0 Å². The fraction of sp³-hybridized carbons (Fsp3) is 0.172. The zero-order chi connectivity index (χ0) is 19.8. The van der Waals surface area contributed by atoms with Crippen LogP contribution in [0, 0.1) is 0 Å². The van der Waals surface area contributed by atoms with Crippen LogP contribution in [0.4, 0.5) is 0 Å². The van der Waals surface area contributed by atoms with Crippen LogP contribution in [0.3, 0.4) is 0 Å². The summed E-state index contributed by atoms with van der Waals surface area (Å²) in [4.78, 5) is 0. The summed E-state index contributed by atoms with van der Waals surface area (Å²) in [6.07, 6.45) is 2.47. The van der Waals surface area contributed by atoms with E-state index in [-0.39, 0.29) is 0 Å². The van der Waals surface area contributed by atoms with E-state index >= 15 is 0 Å². The molecular weight excluding hydrogens is 348 g/mol. The third kappa shape index (κ3) is 3.09. The molecule has 0 aromatic heterocycles. The average Bonchev–Trinajstić information content (AvgIpc) is 2.79. The third-order valence-electron chi connectivity index (χ3n) is 6.61. The van der Waals surface area contributed by atoms with Gasteiger partial charge in [0.1, 0.15) is 0 Å². The Balaban J connectivity index is 1.72. The fourth-order valence-electron chi connectivity index (χ4n) is 5.06. The molecule has 0 aliphatic heterocycles. The summed E-state index contributed by atoms with van der Waals surface area (Å²) in [7, 11) is 0. The molecule has 0 radical (unpaired) electrons. The molecule has 0 nitrogen and oxygen atoms in total. The number of allylic oxidation sites excluding steroid dienone is 1. The van der Waals surface area contributed by atoms with Crippen molar-refractivity contribution in [1.82, 2.24) is 0 Å². The van der Waals surface area contributed by atoms with Gasteiger partial charge < -0.3 is 0 Å². The van der Waals surface area contributed by atoms with Gasteiger partial charge in [0.05, 0.1) is 0 Å². The van der Waals surface area contributed by atoms with Crippen LogP contribution in [0.25, 0.3) is 16.8 Å². The molecule has 0 N–H and O–H groups in total. The van der Waals surface area contributed by atoms with Gasteiger partial charge in [-0.05, 0) is 38.9 Å². The van der Waals surface area contributed by atoms with E-state index in [0.29, 0.717) is 17.8 Å². The average molecular weight is 375 g/mol. The van der Waals surface area contributed by atoms with E-state index in [0.717, 1.165) is 0 Å². The fourth-order valence-corrected chi connectivity index (χ4v) is 5.06. The van der Waals surface area contributed by atoms with Crippen molar-refractivity contribution in [2.75, 3.05) is 0 Å². The third-order valence-corrected chi connectivity index (χ3v) is 6.61. The van der Waals surface area contributed by atoms with Crippen molar-refractivity contribution in [3.8, 4) is 0 Å². The summed E-state index contributed by atoms with van der Waals surface area (Å²) in [5.74, 6) is 1.15. The van der Waals surface area contributed by atoms with E-state index in [9.17, 15) is 0 Å². The van der Waals surface area contributed by atoms with E-state index in [1.807, 2.05) is 0 Å². The van der Waals surface area contributed by atoms with Crippen LogP contribution in [0.5, 0.6) is 0 Å². The molecule has 3 unspecified atom stereocenters. The lowest BCUT2D eigenvalue weighted by molar-refractivity contribution is 0.612. The molecule has 142 valence electrons. The Morgan fingerprint density at radius 3 is 1.93 bits per heavy atom. The Kier molecular flexibility index (Phi) is 4.56. The molecule has 0 heterocycles. The van der Waals surface area contributed by atoms with Gasteiger partial charge in [0.25, 0.3) is 0 Å². The summed E-state index contributed by atoms with van der Waals surface area (Å²) >= 11 is 0. The second kappa shape index (κ2) is 7.37. The maximum atomic E-state index is 2.47. The van der Waals surface area contributed by atoms with E-state index < -0.39 is 0 Å². The molecule has 5 rings (SSSR count). The Morgan fingerprint density at radius 2 is 1.24 bits per heavy atom. The highest BCUT2D eigenvalue weighted by atomic mass is 14.4. The van der Waals surface area contributed by atoms with E-state index in [2.05, 4.69) is 117 Å². The van der Waals surface area contributed by atoms with Gasteiger partial charge in [-0.15, -0.1) is 0 Å². The van der Waals surface area contributed by atoms with E-state index in [4.69, 9.17) is 0 Å². The molecular formula is C29H26. The van der Waals surface area contributed by atoms with Crippen LogP contribution in [0.2, 0.25) is 0 Å². The first-order valence-electron chi connectivity index (χ1n) is 10.6. The van der Waals surface area contributed by atoms with Crippen molar-refractivity contribution in [1.29, 1.82) is 0 Å². The largest absolute Gasteiger partial charge is 0.0622 e. The number of benzene rings is 4. The minimum atomic E-state index is 0.367. The molecule has 1 aliphatic rings. The van der Waals surface area contributed by atoms with Gasteiger partial charge in [-0.1, -0.05) is 123 Å². The second-order valence-electron chi connectivity index (χ2n) is 8.25. The van der Waals surface area contributed by atoms with E-state index in [1.165, 1.54) is 38.6 Å². The van der Waals surface area contributed by atoms with Crippen molar-refractivity contribution in [2.24, 2.45) is 0 Å². The van der Waals surface area contributed by atoms with Gasteiger partial charge in [0.2, 0.25) is 0 Å². The zero-order valence-corrected chi connectivity index (χ0v) is 17.0. The molecule has 4 aromatic rings. The molecule has 29 heavy (non-hydrogen) atoms. The van der Waals surface area contributed by atoms with Crippen LogP contribution in [0.1, 0.15) is 53.9 Å². The quantitative estimate of drug-likeness (QED) is 0.340. The predicted octanol–water partition coefficient (Wildman–Crippen LogP) is 7.93. The monoisotopic (exact) mass is 374 g/mol. The van der Waals surface area contributed by atoms with Crippen LogP contribution < -0.4 is 0 Å². The molecule has 1 aliphatic carbocycles. The SMILES string of the molecule is CC(C1=Cc2cccc3cccc(c23)C1C(C)c1ccccc1)c1ccccc1. The molecule has 0 spiro atoms. The first-order valence-corrected chi connectivity index (χ1v) is 10.6. The standard InChI is InChI=1S/C29H26/c1-20(22-11-5-3-6-12-22)27-19-25-17-9-15-24-16-10-18-26(29(24)25)28(27)21(2)23-13-7-4-8-14-23/h3-21,28H,1-2H3. The Hall–Kier alpha value is -3.12. The minimum absolute atomic E-state index is 0.367. The highest BCUT2D eigenvalue weighted by Crippen LogP contribution is 2.50. The van der Waals surface area contributed by atoms with Crippen molar-refractivity contribution >= 4 is 16.8 Å². The number of hydrogen-bond acceptors (Lipinski definition) is 0. The number of hydrogen-bond donors (Lipinski definition) is 0. The molecule has 0 fully saturated rings. The van der Waals surface area contributed by atoms with Crippen molar-refractivity contribution in [3.05, 3.63) is 125 Å². The normalized spacial score (nSPS) is 17.6. The summed E-state index contributed by atoms with van der Waals surface area (Å²) in [6.45, 7) is 4.75. The van der Waals surface area contributed by atoms with Crippen molar-refractivity contribution < 1.29 is 0 Å².